The van der Waals surface area contributed by atoms with Gasteiger partial charge in [-0.05, 0) is 18.3 Å². The van der Waals surface area contributed by atoms with Crippen molar-refractivity contribution in [3.63, 3.8) is 0 Å². The molecule has 0 amide bonds. The molecule has 0 bridgehead atoms. The van der Waals surface area contributed by atoms with Gasteiger partial charge in [0.25, 0.3) is 0 Å². The average Bonchev–Trinajstić information content (AvgIpc) is 2.35. The van der Waals surface area contributed by atoms with E-state index < -0.39 is 10.9 Å². The van der Waals surface area contributed by atoms with Crippen molar-refractivity contribution in [2.75, 3.05) is 11.9 Å². The Labute approximate surface area is 127 Å². The minimum atomic E-state index is -0.888. The Balaban J connectivity index is 2.79. The molecule has 0 radical (unpaired) electrons. The summed E-state index contributed by atoms with van der Waals surface area (Å²) in [5.41, 5.74) is -0.221. The predicted molar refractivity (Wildman–Crippen MR) is 79.6 cm³/mol. The van der Waals surface area contributed by atoms with E-state index in [9.17, 15) is 14.9 Å². The summed E-state index contributed by atoms with van der Waals surface area (Å²) in [7, 11) is 0. The number of aliphatic carboxylic acids is 1. The number of nitro groups is 1. The van der Waals surface area contributed by atoms with Crippen LogP contribution in [0.5, 0.6) is 0 Å². The van der Waals surface area contributed by atoms with Crippen LogP contribution in [-0.4, -0.2) is 27.5 Å². The molecule has 21 heavy (non-hydrogen) atoms. The Morgan fingerprint density at radius 1 is 1.57 bits per heavy atom. The zero-order valence-corrected chi connectivity index (χ0v) is 12.6. The summed E-state index contributed by atoms with van der Waals surface area (Å²) in [5, 5.41) is 22.9. The van der Waals surface area contributed by atoms with Crippen molar-refractivity contribution in [1.82, 2.24) is 4.98 Å². The number of aromatic nitrogens is 1. The van der Waals surface area contributed by atoms with Crippen LogP contribution in [-0.2, 0) is 4.79 Å². The highest BCUT2D eigenvalue weighted by Gasteiger charge is 2.19. The van der Waals surface area contributed by atoms with Crippen LogP contribution in [0.1, 0.15) is 26.7 Å². The number of carboxylic acid groups (broad SMARTS) is 1. The SMILES string of the molecule is CC(C)CC(CNc1ncc(Cl)cc1[N+](=O)[O-])CC(=O)O. The van der Waals surface area contributed by atoms with Gasteiger partial charge in [0.05, 0.1) is 9.95 Å². The lowest BCUT2D eigenvalue weighted by Crippen LogP contribution is -2.20. The second-order valence-electron chi connectivity index (χ2n) is 5.25. The molecule has 8 heteroatoms. The van der Waals surface area contributed by atoms with Crippen LogP contribution in [0.25, 0.3) is 0 Å². The number of anilines is 1. The number of rotatable bonds is 8. The fraction of sp³-hybridized carbons (Fsp3) is 0.538. The predicted octanol–water partition coefficient (Wildman–Crippen LogP) is 3.19. The number of pyridine rings is 1. The van der Waals surface area contributed by atoms with E-state index in [2.05, 4.69) is 10.3 Å². The van der Waals surface area contributed by atoms with Crippen molar-refractivity contribution in [1.29, 1.82) is 0 Å². The number of halogens is 1. The van der Waals surface area contributed by atoms with E-state index in [4.69, 9.17) is 16.7 Å². The van der Waals surface area contributed by atoms with Crippen LogP contribution in [0.3, 0.4) is 0 Å². The summed E-state index contributed by atoms with van der Waals surface area (Å²) in [6, 6.07) is 1.21. The third-order valence-corrected chi connectivity index (χ3v) is 3.06. The second-order valence-corrected chi connectivity index (χ2v) is 5.69. The van der Waals surface area contributed by atoms with Gasteiger partial charge < -0.3 is 10.4 Å². The highest BCUT2D eigenvalue weighted by atomic mass is 35.5. The van der Waals surface area contributed by atoms with Gasteiger partial charge in [-0.2, -0.15) is 0 Å². The number of nitrogens with zero attached hydrogens (tertiary/aromatic N) is 2. The standard InChI is InChI=1S/C13H18ClN3O4/c1-8(2)3-9(4-12(18)19)6-15-13-11(17(20)21)5-10(14)7-16-13/h5,7-9H,3-4,6H2,1-2H3,(H,15,16)(H,18,19). The van der Waals surface area contributed by atoms with E-state index in [0.717, 1.165) is 0 Å². The van der Waals surface area contributed by atoms with Gasteiger partial charge in [-0.15, -0.1) is 0 Å². The van der Waals surface area contributed by atoms with Gasteiger partial charge in [0.2, 0.25) is 5.82 Å². The van der Waals surface area contributed by atoms with Crippen molar-refractivity contribution >= 4 is 29.1 Å². The minimum Gasteiger partial charge on any atom is -0.481 e. The first kappa shape index (κ1) is 17.2. The minimum absolute atomic E-state index is 0.00652. The molecule has 0 fully saturated rings. The maximum Gasteiger partial charge on any atom is 0.312 e. The lowest BCUT2D eigenvalue weighted by molar-refractivity contribution is -0.384. The molecule has 1 aromatic heterocycles. The molecular formula is C13H18ClN3O4. The van der Waals surface area contributed by atoms with Gasteiger partial charge in [0, 0.05) is 25.2 Å². The molecule has 7 nitrogen and oxygen atoms in total. The highest BCUT2D eigenvalue weighted by Crippen LogP contribution is 2.26. The number of nitrogens with one attached hydrogen (secondary N) is 1. The fourth-order valence-electron chi connectivity index (χ4n) is 2.10. The average molecular weight is 316 g/mol. The summed E-state index contributed by atoms with van der Waals surface area (Å²) in [6.07, 6.45) is 2.03. The molecule has 0 saturated heterocycles. The summed E-state index contributed by atoms with van der Waals surface area (Å²) in [5.74, 6) is -0.576. The van der Waals surface area contributed by atoms with Gasteiger partial charge in [0.1, 0.15) is 0 Å². The second kappa shape index (κ2) is 7.78. The zero-order chi connectivity index (χ0) is 16.0. The number of hydrogen-bond acceptors (Lipinski definition) is 5. The molecule has 1 unspecified atom stereocenters. The van der Waals surface area contributed by atoms with Crippen molar-refractivity contribution in [3.8, 4) is 0 Å². The maximum absolute atomic E-state index is 10.9. The quantitative estimate of drug-likeness (QED) is 0.563. The van der Waals surface area contributed by atoms with Crippen molar-refractivity contribution in [2.24, 2.45) is 11.8 Å². The lowest BCUT2D eigenvalue weighted by atomic mass is 9.94. The molecule has 1 rings (SSSR count). The van der Waals surface area contributed by atoms with E-state index in [1.165, 1.54) is 12.3 Å². The molecule has 2 N–H and O–H groups in total. The van der Waals surface area contributed by atoms with Crippen LogP contribution in [0.15, 0.2) is 12.3 Å². The molecule has 0 spiro atoms. The zero-order valence-electron chi connectivity index (χ0n) is 11.9. The van der Waals surface area contributed by atoms with Crippen molar-refractivity contribution in [2.45, 2.75) is 26.7 Å². The third-order valence-electron chi connectivity index (χ3n) is 2.86. The molecule has 0 aliphatic carbocycles. The summed E-state index contributed by atoms with van der Waals surface area (Å²) < 4.78 is 0. The molecule has 1 aromatic rings. The molecule has 0 aliphatic heterocycles. The van der Waals surface area contributed by atoms with Crippen LogP contribution in [0, 0.1) is 22.0 Å². The Morgan fingerprint density at radius 2 is 2.24 bits per heavy atom. The molecule has 0 aromatic carbocycles. The van der Waals surface area contributed by atoms with E-state index in [1.54, 1.807) is 0 Å². The molecule has 0 saturated carbocycles. The van der Waals surface area contributed by atoms with Gasteiger partial charge in [-0.3, -0.25) is 14.9 Å². The first-order valence-corrected chi connectivity index (χ1v) is 6.93. The number of hydrogen-bond donors (Lipinski definition) is 2. The fourth-order valence-corrected chi connectivity index (χ4v) is 2.25. The van der Waals surface area contributed by atoms with Gasteiger partial charge >= 0.3 is 11.7 Å². The summed E-state index contributed by atoms with van der Waals surface area (Å²) in [4.78, 5) is 25.1. The van der Waals surface area contributed by atoms with Crippen LogP contribution >= 0.6 is 11.6 Å². The first-order chi connectivity index (χ1) is 9.79. The van der Waals surface area contributed by atoms with Crippen LogP contribution in [0.2, 0.25) is 5.02 Å². The normalized spacial score (nSPS) is 12.2. The van der Waals surface area contributed by atoms with Crippen molar-refractivity contribution in [3.05, 3.63) is 27.4 Å². The third kappa shape index (κ3) is 5.95. The molecule has 116 valence electrons. The maximum atomic E-state index is 10.9. The Bertz CT molecular complexity index is 522. The van der Waals surface area contributed by atoms with Crippen LogP contribution < -0.4 is 5.32 Å². The summed E-state index contributed by atoms with van der Waals surface area (Å²) >= 11 is 5.69. The molecule has 1 atom stereocenters. The monoisotopic (exact) mass is 315 g/mol. The topological polar surface area (TPSA) is 105 Å². The number of carboxylic acids is 1. The Hall–Kier alpha value is -1.89. The molecule has 1 heterocycles. The van der Waals surface area contributed by atoms with Gasteiger partial charge in [-0.25, -0.2) is 4.98 Å². The van der Waals surface area contributed by atoms with E-state index in [1.807, 2.05) is 13.8 Å². The first-order valence-electron chi connectivity index (χ1n) is 6.55. The van der Waals surface area contributed by atoms with Crippen LogP contribution in [0.4, 0.5) is 11.5 Å². The largest absolute Gasteiger partial charge is 0.481 e. The highest BCUT2D eigenvalue weighted by molar-refractivity contribution is 6.30. The smallest absolute Gasteiger partial charge is 0.312 e. The molecular weight excluding hydrogens is 298 g/mol. The van der Waals surface area contributed by atoms with Gasteiger partial charge in [0.15, 0.2) is 0 Å². The number of carbonyl (C=O) groups is 1. The summed E-state index contributed by atoms with van der Waals surface area (Å²) in [6.45, 7) is 4.30. The Morgan fingerprint density at radius 3 is 2.76 bits per heavy atom. The van der Waals surface area contributed by atoms with E-state index in [-0.39, 0.29) is 28.9 Å². The van der Waals surface area contributed by atoms with E-state index >= 15 is 0 Å². The molecule has 0 aliphatic rings. The van der Waals surface area contributed by atoms with Crippen molar-refractivity contribution < 1.29 is 14.8 Å². The Kier molecular flexibility index (Phi) is 6.36. The van der Waals surface area contributed by atoms with E-state index in [0.29, 0.717) is 18.9 Å². The lowest BCUT2D eigenvalue weighted by Gasteiger charge is -2.18. The van der Waals surface area contributed by atoms with Gasteiger partial charge in [-0.1, -0.05) is 25.4 Å².